The number of fused-ring (bicyclic) bond motifs is 5. The van der Waals surface area contributed by atoms with Crippen LogP contribution in [-0.4, -0.2) is 42.1 Å². The molecule has 0 radical (unpaired) electrons. The molecule has 33 heavy (non-hydrogen) atoms. The zero-order valence-corrected chi connectivity index (χ0v) is 19.3. The van der Waals surface area contributed by atoms with Crippen LogP contribution in [0.15, 0.2) is 54.1 Å². The van der Waals surface area contributed by atoms with Gasteiger partial charge in [-0.05, 0) is 31.6 Å². The van der Waals surface area contributed by atoms with E-state index >= 15 is 0 Å². The molecule has 6 atom stereocenters. The number of rotatable bonds is 7. The van der Waals surface area contributed by atoms with Crippen molar-refractivity contribution in [2.45, 2.75) is 48.9 Å². The second-order valence-electron chi connectivity index (χ2n) is 8.61. The van der Waals surface area contributed by atoms with Crippen LogP contribution in [0.3, 0.4) is 0 Å². The molecule has 3 fully saturated rings. The van der Waals surface area contributed by atoms with Crippen molar-refractivity contribution in [3.8, 4) is 0 Å². The molecular formula is C22H24F4O5S2. The molecule has 0 amide bonds. The molecule has 1 heterocycles. The zero-order chi connectivity index (χ0) is 24.2. The van der Waals surface area contributed by atoms with Gasteiger partial charge in [-0.15, -0.1) is 0 Å². The van der Waals surface area contributed by atoms with E-state index in [1.165, 1.54) is 0 Å². The Bertz CT molecular complexity index is 1060. The number of benzene rings is 1. The maximum atomic E-state index is 14.8. The van der Waals surface area contributed by atoms with Crippen LogP contribution in [0.25, 0.3) is 0 Å². The Labute approximate surface area is 195 Å². The van der Waals surface area contributed by atoms with E-state index in [9.17, 15) is 26.0 Å². The lowest BCUT2D eigenvalue weighted by Crippen LogP contribution is -2.55. The second-order valence-corrected chi connectivity index (χ2v) is 10.4. The largest absolute Gasteiger partial charge is 0.431 e. The van der Waals surface area contributed by atoms with E-state index in [-0.39, 0.29) is 12.8 Å². The first-order valence-corrected chi connectivity index (χ1v) is 12.6. The monoisotopic (exact) mass is 508 g/mol. The van der Waals surface area contributed by atoms with E-state index in [2.05, 4.69) is 12.6 Å². The molecule has 11 heteroatoms. The standard InChI is InChI=1S/C22H24F4O5S2/c1-2-6-14(9-10-32)20(15-7-4-3-5-8-15)30-18-13-11-16(19(18)31-20)17(12-13)21(23,24)22(25,26)33(27,28)29/h2-9,13,16-19,32H,10-12H2,1H3,(H,27,28,29)/b6-2-,14-9+. The van der Waals surface area contributed by atoms with Crippen molar-refractivity contribution in [1.82, 2.24) is 0 Å². The lowest BCUT2D eigenvalue weighted by Gasteiger charge is -2.36. The van der Waals surface area contributed by atoms with Gasteiger partial charge in [-0.1, -0.05) is 48.6 Å². The lowest BCUT2D eigenvalue weighted by atomic mass is 9.81. The van der Waals surface area contributed by atoms with Gasteiger partial charge in [0.2, 0.25) is 5.79 Å². The van der Waals surface area contributed by atoms with E-state index < -0.39 is 57.0 Å². The number of ether oxygens (including phenoxy) is 2. The van der Waals surface area contributed by atoms with Crippen LogP contribution >= 0.6 is 12.6 Å². The van der Waals surface area contributed by atoms with E-state index in [0.29, 0.717) is 16.9 Å². The number of thiol groups is 1. The summed E-state index contributed by atoms with van der Waals surface area (Å²) in [4.78, 5) is 0. The number of hydrogen-bond acceptors (Lipinski definition) is 5. The molecule has 1 aromatic rings. The Morgan fingerprint density at radius 2 is 1.82 bits per heavy atom. The number of alkyl halides is 4. The fourth-order valence-corrected chi connectivity index (χ4v) is 6.17. The van der Waals surface area contributed by atoms with Crippen molar-refractivity contribution in [2.24, 2.45) is 17.8 Å². The predicted octanol–water partition coefficient (Wildman–Crippen LogP) is 4.83. The van der Waals surface area contributed by atoms with Crippen molar-refractivity contribution >= 4 is 22.7 Å². The molecule has 1 saturated heterocycles. The highest BCUT2D eigenvalue weighted by Crippen LogP contribution is 2.63. The minimum atomic E-state index is -6.31. The molecule has 2 saturated carbocycles. The molecule has 3 aliphatic rings. The van der Waals surface area contributed by atoms with Crippen molar-refractivity contribution in [1.29, 1.82) is 0 Å². The van der Waals surface area contributed by atoms with Crippen molar-refractivity contribution in [3.05, 3.63) is 59.7 Å². The topological polar surface area (TPSA) is 72.8 Å². The van der Waals surface area contributed by atoms with Gasteiger partial charge >= 0.3 is 21.3 Å². The molecule has 1 aromatic carbocycles. The van der Waals surface area contributed by atoms with Crippen LogP contribution in [0.4, 0.5) is 17.6 Å². The SMILES string of the molecule is C/C=C\C(=C/CS)C1(c2ccccc2)OC2C3CC(C2O1)C(C(F)(F)C(F)(F)S(=O)(=O)O)C3. The Balaban J connectivity index is 1.73. The van der Waals surface area contributed by atoms with Gasteiger partial charge in [-0.3, -0.25) is 4.55 Å². The Morgan fingerprint density at radius 3 is 2.39 bits per heavy atom. The van der Waals surface area contributed by atoms with Crippen molar-refractivity contribution in [2.75, 3.05) is 5.75 Å². The van der Waals surface area contributed by atoms with Gasteiger partial charge in [0.15, 0.2) is 0 Å². The van der Waals surface area contributed by atoms with E-state index in [4.69, 9.17) is 14.0 Å². The van der Waals surface area contributed by atoms with E-state index in [0.717, 1.165) is 0 Å². The molecule has 2 bridgehead atoms. The average molecular weight is 509 g/mol. The lowest BCUT2D eigenvalue weighted by molar-refractivity contribution is -0.212. The molecule has 4 rings (SSSR count). The van der Waals surface area contributed by atoms with E-state index in [1.54, 1.807) is 55.5 Å². The van der Waals surface area contributed by atoms with Crippen LogP contribution < -0.4 is 0 Å². The van der Waals surface area contributed by atoms with E-state index in [1.807, 2.05) is 0 Å². The summed E-state index contributed by atoms with van der Waals surface area (Å²) in [5, 5.41) is -5.61. The highest BCUT2D eigenvalue weighted by Gasteiger charge is 2.75. The predicted molar refractivity (Wildman–Crippen MR) is 116 cm³/mol. The smallest absolute Gasteiger partial charge is 0.336 e. The summed E-state index contributed by atoms with van der Waals surface area (Å²) >= 11 is 4.25. The van der Waals surface area contributed by atoms with Crippen LogP contribution in [-0.2, 0) is 25.4 Å². The van der Waals surface area contributed by atoms with Crippen LogP contribution in [0.2, 0.25) is 0 Å². The molecule has 2 aliphatic carbocycles. The van der Waals surface area contributed by atoms with Crippen LogP contribution in [0.5, 0.6) is 0 Å². The third-order valence-corrected chi connectivity index (χ3v) is 7.93. The summed E-state index contributed by atoms with van der Waals surface area (Å²) in [7, 11) is -6.31. The first kappa shape index (κ1) is 24.7. The summed E-state index contributed by atoms with van der Waals surface area (Å²) < 4.78 is 101. The Hall–Kier alpha value is -1.40. The van der Waals surface area contributed by atoms with Crippen LogP contribution in [0.1, 0.15) is 25.3 Å². The summed E-state index contributed by atoms with van der Waals surface area (Å²) in [5.74, 6) is -9.67. The zero-order valence-electron chi connectivity index (χ0n) is 17.6. The van der Waals surface area contributed by atoms with Crippen molar-refractivity contribution in [3.63, 3.8) is 0 Å². The quantitative estimate of drug-likeness (QED) is 0.239. The number of hydrogen-bond donors (Lipinski definition) is 2. The summed E-state index contributed by atoms with van der Waals surface area (Å²) in [5.41, 5.74) is 1.20. The molecule has 1 aliphatic heterocycles. The molecule has 0 aromatic heterocycles. The first-order chi connectivity index (χ1) is 15.4. The molecule has 1 N–H and O–H groups in total. The Kier molecular flexibility index (Phi) is 6.27. The average Bonchev–Trinajstić information content (AvgIpc) is 3.44. The minimum Gasteiger partial charge on any atom is -0.336 e. The molecule has 5 nitrogen and oxygen atoms in total. The highest BCUT2D eigenvalue weighted by atomic mass is 32.2. The minimum absolute atomic E-state index is 0.136. The highest BCUT2D eigenvalue weighted by molar-refractivity contribution is 7.87. The van der Waals surface area contributed by atoms with Crippen molar-refractivity contribution < 1.29 is 40.0 Å². The van der Waals surface area contributed by atoms with Gasteiger partial charge < -0.3 is 9.47 Å². The third kappa shape index (κ3) is 3.67. The fourth-order valence-electron chi connectivity index (χ4n) is 5.47. The summed E-state index contributed by atoms with van der Waals surface area (Å²) in [6.07, 6.45) is 3.47. The third-order valence-electron chi connectivity index (χ3n) is 6.83. The Morgan fingerprint density at radius 1 is 1.18 bits per heavy atom. The summed E-state index contributed by atoms with van der Waals surface area (Å²) in [6, 6.07) is 8.85. The maximum Gasteiger partial charge on any atom is 0.431 e. The number of halogens is 4. The van der Waals surface area contributed by atoms with Crippen LogP contribution in [0, 0.1) is 17.8 Å². The van der Waals surface area contributed by atoms with Gasteiger partial charge in [0, 0.05) is 22.8 Å². The van der Waals surface area contributed by atoms with Gasteiger partial charge in [0.25, 0.3) is 0 Å². The molecule has 6 unspecified atom stereocenters. The molecule has 182 valence electrons. The van der Waals surface area contributed by atoms with Gasteiger partial charge in [0.05, 0.1) is 12.2 Å². The first-order valence-electron chi connectivity index (χ1n) is 10.5. The number of allylic oxidation sites excluding steroid dienone is 1. The maximum absolute atomic E-state index is 14.8. The summed E-state index contributed by atoms with van der Waals surface area (Å²) in [6.45, 7) is 1.79. The molecular weight excluding hydrogens is 484 g/mol. The van der Waals surface area contributed by atoms with Gasteiger partial charge in [0.1, 0.15) is 0 Å². The molecule has 0 spiro atoms. The van der Waals surface area contributed by atoms with Gasteiger partial charge in [-0.2, -0.15) is 38.6 Å². The second kappa shape index (κ2) is 8.37. The fraction of sp³-hybridized carbons (Fsp3) is 0.545. The van der Waals surface area contributed by atoms with Gasteiger partial charge in [-0.25, -0.2) is 0 Å². The normalized spacial score (nSPS) is 34.9.